The van der Waals surface area contributed by atoms with Crippen LogP contribution in [0.25, 0.3) is 5.52 Å². The van der Waals surface area contributed by atoms with E-state index >= 15 is 0 Å². The van der Waals surface area contributed by atoms with Crippen molar-refractivity contribution in [2.24, 2.45) is 0 Å². The van der Waals surface area contributed by atoms with Crippen LogP contribution in [0.4, 0.5) is 10.1 Å². The summed E-state index contributed by atoms with van der Waals surface area (Å²) in [5, 5.41) is 4.44. The van der Waals surface area contributed by atoms with Crippen molar-refractivity contribution < 1.29 is 4.39 Å². The molecule has 3 heterocycles. The van der Waals surface area contributed by atoms with E-state index < -0.39 is 0 Å². The zero-order chi connectivity index (χ0) is 16.1. The third-order valence-corrected chi connectivity index (χ3v) is 6.22. The van der Waals surface area contributed by atoms with Crippen LogP contribution in [-0.4, -0.2) is 46.7 Å². The Bertz CT molecular complexity index is 732. The largest absolute Gasteiger partial charge is 0.370 e. The predicted molar refractivity (Wildman–Crippen MR) is 98.6 cm³/mol. The number of pyridine rings is 1. The lowest BCUT2D eigenvalue weighted by Crippen LogP contribution is -2.44. The molecule has 0 bridgehead atoms. The molecular formula is C17H22FIN4. The molecule has 1 saturated carbocycles. The molecule has 1 saturated heterocycles. The highest BCUT2D eigenvalue weighted by atomic mass is 127. The number of rotatable bonds is 3. The first kappa shape index (κ1) is 15.6. The van der Waals surface area contributed by atoms with Crippen LogP contribution in [0.1, 0.15) is 31.4 Å². The molecule has 0 atom stereocenters. The van der Waals surface area contributed by atoms with Gasteiger partial charge in [0, 0.05) is 31.2 Å². The van der Waals surface area contributed by atoms with Gasteiger partial charge < -0.3 is 9.80 Å². The van der Waals surface area contributed by atoms with E-state index in [-0.39, 0.29) is 5.82 Å². The molecule has 2 fully saturated rings. The molecule has 124 valence electrons. The second-order valence-electron chi connectivity index (χ2n) is 6.87. The van der Waals surface area contributed by atoms with Gasteiger partial charge in [-0.25, -0.2) is 8.91 Å². The maximum atomic E-state index is 14.3. The SMILES string of the molecule is Cc1cc2c(N3CCC(N(C)C4CC4)CC3)cc(F)c(I)n2n1. The van der Waals surface area contributed by atoms with E-state index in [1.54, 1.807) is 10.6 Å². The normalized spacial score (nSPS) is 20.0. The van der Waals surface area contributed by atoms with Gasteiger partial charge in [0.15, 0.2) is 5.82 Å². The van der Waals surface area contributed by atoms with Gasteiger partial charge in [-0.15, -0.1) is 0 Å². The van der Waals surface area contributed by atoms with Crippen molar-refractivity contribution in [3.05, 3.63) is 27.3 Å². The molecule has 2 aromatic heterocycles. The molecule has 23 heavy (non-hydrogen) atoms. The number of aromatic nitrogens is 2. The Morgan fingerprint density at radius 1 is 1.17 bits per heavy atom. The molecule has 0 aromatic carbocycles. The topological polar surface area (TPSA) is 23.8 Å². The first-order valence-corrected chi connectivity index (χ1v) is 9.43. The van der Waals surface area contributed by atoms with Gasteiger partial charge in [0.1, 0.15) is 3.70 Å². The summed E-state index contributed by atoms with van der Waals surface area (Å²) in [4.78, 5) is 4.89. The second-order valence-corrected chi connectivity index (χ2v) is 7.89. The van der Waals surface area contributed by atoms with Crippen LogP contribution in [-0.2, 0) is 0 Å². The molecule has 6 heteroatoms. The number of nitrogens with zero attached hydrogens (tertiary/aromatic N) is 4. The highest BCUT2D eigenvalue weighted by Crippen LogP contribution is 2.33. The molecule has 4 nitrogen and oxygen atoms in total. The van der Waals surface area contributed by atoms with Crippen molar-refractivity contribution in [3.63, 3.8) is 0 Å². The molecule has 0 radical (unpaired) electrons. The Hall–Kier alpha value is -0.890. The van der Waals surface area contributed by atoms with Crippen molar-refractivity contribution in [3.8, 4) is 0 Å². The van der Waals surface area contributed by atoms with Crippen LogP contribution >= 0.6 is 22.6 Å². The van der Waals surface area contributed by atoms with Gasteiger partial charge in [0.2, 0.25) is 0 Å². The molecule has 1 aliphatic carbocycles. The zero-order valence-electron chi connectivity index (χ0n) is 13.6. The fraction of sp³-hybridized carbons (Fsp3) is 0.588. The molecular weight excluding hydrogens is 406 g/mol. The number of hydrogen-bond acceptors (Lipinski definition) is 3. The van der Waals surface area contributed by atoms with Gasteiger partial charge >= 0.3 is 0 Å². The minimum atomic E-state index is -0.187. The number of hydrogen-bond donors (Lipinski definition) is 0. The maximum Gasteiger partial charge on any atom is 0.157 e. The second kappa shape index (κ2) is 5.88. The summed E-state index contributed by atoms with van der Waals surface area (Å²) in [6.07, 6.45) is 5.02. The third kappa shape index (κ3) is 2.84. The molecule has 2 aliphatic rings. The molecule has 2 aromatic rings. The Morgan fingerprint density at radius 3 is 2.48 bits per heavy atom. The van der Waals surface area contributed by atoms with Crippen molar-refractivity contribution in [1.29, 1.82) is 0 Å². The number of fused-ring (bicyclic) bond motifs is 1. The quantitative estimate of drug-likeness (QED) is 0.553. The summed E-state index contributed by atoms with van der Waals surface area (Å²) in [5.74, 6) is -0.187. The summed E-state index contributed by atoms with van der Waals surface area (Å²) in [6.45, 7) is 3.94. The lowest BCUT2D eigenvalue weighted by atomic mass is 10.0. The number of piperidine rings is 1. The summed E-state index contributed by atoms with van der Waals surface area (Å²) >= 11 is 2.03. The van der Waals surface area contributed by atoms with E-state index in [1.807, 2.05) is 29.5 Å². The van der Waals surface area contributed by atoms with E-state index in [2.05, 4.69) is 28.0 Å². The zero-order valence-corrected chi connectivity index (χ0v) is 15.8. The van der Waals surface area contributed by atoms with E-state index in [4.69, 9.17) is 0 Å². The lowest BCUT2D eigenvalue weighted by molar-refractivity contribution is 0.199. The van der Waals surface area contributed by atoms with Gasteiger partial charge in [0.05, 0.1) is 16.9 Å². The van der Waals surface area contributed by atoms with Crippen LogP contribution in [0.2, 0.25) is 0 Å². The Balaban J connectivity index is 1.59. The minimum Gasteiger partial charge on any atom is -0.370 e. The average molecular weight is 428 g/mol. The fourth-order valence-electron chi connectivity index (χ4n) is 3.73. The van der Waals surface area contributed by atoms with E-state index in [0.29, 0.717) is 9.74 Å². The molecule has 0 unspecified atom stereocenters. The van der Waals surface area contributed by atoms with Gasteiger partial charge in [0.25, 0.3) is 0 Å². The Morgan fingerprint density at radius 2 is 1.83 bits per heavy atom. The summed E-state index contributed by atoms with van der Waals surface area (Å²) < 4.78 is 16.6. The standard InChI is InChI=1S/C17H22FIN4/c1-11-9-16-15(10-14(18)17(19)23(16)20-11)22-7-5-13(6-8-22)21(2)12-3-4-12/h9-10,12-13H,3-8H2,1-2H3. The molecule has 4 rings (SSSR count). The van der Waals surface area contributed by atoms with Gasteiger partial charge in [-0.3, -0.25) is 0 Å². The third-order valence-electron chi connectivity index (χ3n) is 5.24. The van der Waals surface area contributed by atoms with E-state index in [1.165, 1.54) is 12.8 Å². The average Bonchev–Trinajstić information content (AvgIpc) is 3.32. The Labute approximate surface area is 149 Å². The first-order valence-electron chi connectivity index (χ1n) is 8.36. The summed E-state index contributed by atoms with van der Waals surface area (Å²) in [6, 6.07) is 5.23. The van der Waals surface area contributed by atoms with Crippen molar-refractivity contribution in [2.75, 3.05) is 25.0 Å². The van der Waals surface area contributed by atoms with Crippen LogP contribution in [0.3, 0.4) is 0 Å². The molecule has 0 N–H and O–H groups in total. The Kier molecular flexibility index (Phi) is 3.99. The molecule has 0 amide bonds. The van der Waals surface area contributed by atoms with E-state index in [9.17, 15) is 4.39 Å². The lowest BCUT2D eigenvalue weighted by Gasteiger charge is -2.38. The number of halogens is 2. The van der Waals surface area contributed by atoms with Gasteiger partial charge in [-0.2, -0.15) is 5.10 Å². The summed E-state index contributed by atoms with van der Waals surface area (Å²) in [5.41, 5.74) is 2.93. The van der Waals surface area contributed by atoms with Crippen LogP contribution in [0, 0.1) is 16.4 Å². The first-order chi connectivity index (χ1) is 11.0. The van der Waals surface area contributed by atoms with E-state index in [0.717, 1.165) is 48.9 Å². The monoisotopic (exact) mass is 428 g/mol. The van der Waals surface area contributed by atoms with Crippen molar-refractivity contribution in [1.82, 2.24) is 14.5 Å². The highest BCUT2D eigenvalue weighted by Gasteiger charge is 2.33. The minimum absolute atomic E-state index is 0.187. The predicted octanol–water partition coefficient (Wildman–Crippen LogP) is 3.45. The smallest absolute Gasteiger partial charge is 0.157 e. The van der Waals surface area contributed by atoms with Crippen LogP contribution < -0.4 is 4.90 Å². The highest BCUT2D eigenvalue weighted by molar-refractivity contribution is 14.1. The molecule has 1 aliphatic heterocycles. The van der Waals surface area contributed by atoms with Crippen LogP contribution in [0.5, 0.6) is 0 Å². The van der Waals surface area contributed by atoms with Gasteiger partial charge in [-0.1, -0.05) is 0 Å². The number of anilines is 1. The fourth-order valence-corrected chi connectivity index (χ4v) is 4.26. The summed E-state index contributed by atoms with van der Waals surface area (Å²) in [7, 11) is 2.26. The molecule has 0 spiro atoms. The van der Waals surface area contributed by atoms with Crippen molar-refractivity contribution >= 4 is 33.8 Å². The van der Waals surface area contributed by atoms with Crippen molar-refractivity contribution in [2.45, 2.75) is 44.7 Å². The number of aryl methyl sites for hydroxylation is 1. The van der Waals surface area contributed by atoms with Crippen LogP contribution in [0.15, 0.2) is 12.1 Å². The van der Waals surface area contributed by atoms with Gasteiger partial charge in [-0.05, 0) is 68.3 Å². The maximum absolute atomic E-state index is 14.3.